The van der Waals surface area contributed by atoms with Crippen molar-refractivity contribution in [2.45, 2.75) is 26.3 Å². The maximum Gasteiger partial charge on any atom is 0.435 e. The highest BCUT2D eigenvalue weighted by atomic mass is 35.5. The molecule has 0 saturated carbocycles. The van der Waals surface area contributed by atoms with E-state index in [0.29, 0.717) is 27.0 Å². The predicted molar refractivity (Wildman–Crippen MR) is 98.9 cm³/mol. The number of fused-ring (bicyclic) bond motifs is 1. The molecule has 4 rings (SSSR count). The summed E-state index contributed by atoms with van der Waals surface area (Å²) in [4.78, 5) is 3.48. The van der Waals surface area contributed by atoms with E-state index < -0.39 is 17.8 Å². The fraction of sp³-hybridized carbons (Fsp3) is 0.211. The van der Waals surface area contributed by atoms with Crippen LogP contribution in [0.5, 0.6) is 0 Å². The maximum absolute atomic E-state index is 14.0. The number of aryl methyl sites for hydroxylation is 1. The highest BCUT2D eigenvalue weighted by Gasteiger charge is 2.38. The van der Waals surface area contributed by atoms with E-state index in [1.54, 1.807) is 19.1 Å². The molecule has 30 heavy (non-hydrogen) atoms. The first kappa shape index (κ1) is 20.1. The molecule has 11 heteroatoms. The van der Waals surface area contributed by atoms with Crippen LogP contribution in [0.25, 0.3) is 0 Å². The van der Waals surface area contributed by atoms with E-state index in [4.69, 9.17) is 16.3 Å². The second-order valence-electron chi connectivity index (χ2n) is 6.64. The number of pyridine rings is 1. The zero-order valence-corrected chi connectivity index (χ0v) is 16.1. The monoisotopic (exact) mass is 440 g/mol. The molecule has 3 aromatic rings. The first-order valence-corrected chi connectivity index (χ1v) is 9.04. The van der Waals surface area contributed by atoms with Gasteiger partial charge in [0.15, 0.2) is 11.4 Å². The second kappa shape index (κ2) is 7.28. The lowest BCUT2D eigenvalue weighted by Gasteiger charge is -2.20. The van der Waals surface area contributed by atoms with E-state index >= 15 is 0 Å². The van der Waals surface area contributed by atoms with Crippen LogP contribution in [-0.2, 0) is 24.1 Å². The average molecular weight is 441 g/mol. The van der Waals surface area contributed by atoms with Crippen LogP contribution >= 0.6 is 11.6 Å². The van der Waals surface area contributed by atoms with Gasteiger partial charge in [0.2, 0.25) is 11.6 Å². The summed E-state index contributed by atoms with van der Waals surface area (Å²) in [5, 5.41) is 16.9. The average Bonchev–Trinajstić information content (AvgIpc) is 3.07. The van der Waals surface area contributed by atoms with Crippen LogP contribution < -0.4 is 0 Å². The Morgan fingerprint density at radius 2 is 2.07 bits per heavy atom. The number of benzene rings is 1. The molecule has 0 radical (unpaired) electrons. The van der Waals surface area contributed by atoms with Crippen LogP contribution in [-0.4, -0.2) is 25.4 Å². The molecule has 0 bridgehead atoms. The Balaban J connectivity index is 1.87. The first-order valence-electron chi connectivity index (χ1n) is 8.66. The van der Waals surface area contributed by atoms with E-state index in [-0.39, 0.29) is 36.0 Å². The topological polar surface area (TPSA) is 66.0 Å². The molecule has 0 saturated heterocycles. The molecule has 1 aliphatic heterocycles. The van der Waals surface area contributed by atoms with Gasteiger partial charge in [0.1, 0.15) is 6.61 Å². The lowest BCUT2D eigenvalue weighted by molar-refractivity contribution is -0.380. The smallest absolute Gasteiger partial charge is 0.435 e. The van der Waals surface area contributed by atoms with E-state index in [1.165, 1.54) is 18.3 Å². The molecule has 6 nitrogen and oxygen atoms in total. The van der Waals surface area contributed by atoms with E-state index in [0.717, 1.165) is 4.68 Å². The summed E-state index contributed by atoms with van der Waals surface area (Å²) in [6.45, 7) is 1.21. The fourth-order valence-electron chi connectivity index (χ4n) is 3.24. The van der Waals surface area contributed by atoms with Crippen LogP contribution in [0, 0.1) is 18.1 Å². The van der Waals surface area contributed by atoms with Crippen LogP contribution in [0.2, 0.25) is 5.02 Å². The number of ether oxygens (including phenoxy) is 1. The Labute approximate surface area is 172 Å². The number of nitrogens with zero attached hydrogens (tertiary/aromatic N) is 4. The molecule has 0 fully saturated rings. The van der Waals surface area contributed by atoms with Gasteiger partial charge in [-0.2, -0.15) is 22.7 Å². The maximum atomic E-state index is 14.0. The van der Waals surface area contributed by atoms with Gasteiger partial charge in [0, 0.05) is 28.4 Å². The van der Waals surface area contributed by atoms with Gasteiger partial charge < -0.3 is 9.94 Å². The molecule has 3 heterocycles. The van der Waals surface area contributed by atoms with Crippen molar-refractivity contribution in [2.24, 2.45) is 0 Å². The van der Waals surface area contributed by atoms with Crippen LogP contribution in [0.1, 0.15) is 28.1 Å². The predicted octanol–water partition coefficient (Wildman–Crippen LogP) is 4.56. The summed E-state index contributed by atoms with van der Waals surface area (Å²) in [6.07, 6.45) is -3.55. The summed E-state index contributed by atoms with van der Waals surface area (Å²) < 4.78 is 60.6. The lowest BCUT2D eigenvalue weighted by atomic mass is 10.1. The van der Waals surface area contributed by atoms with Crippen molar-refractivity contribution in [3.8, 4) is 0 Å². The number of rotatable bonds is 3. The van der Waals surface area contributed by atoms with Gasteiger partial charge >= 0.3 is 12.1 Å². The molecular formula is C19H13ClF4N4O2. The Hall–Kier alpha value is -3.14. The minimum absolute atomic E-state index is 0.00722. The molecule has 0 atom stereocenters. The van der Waals surface area contributed by atoms with Gasteiger partial charge in [0.05, 0.1) is 12.1 Å². The van der Waals surface area contributed by atoms with Gasteiger partial charge in [-0.1, -0.05) is 17.7 Å². The van der Waals surface area contributed by atoms with Crippen molar-refractivity contribution < 1.29 is 27.0 Å². The Morgan fingerprint density at radius 1 is 1.30 bits per heavy atom. The van der Waals surface area contributed by atoms with Crippen molar-refractivity contribution in [3.05, 3.63) is 80.8 Å². The fourth-order valence-corrected chi connectivity index (χ4v) is 3.53. The molecule has 2 aromatic heterocycles. The third-order valence-corrected chi connectivity index (χ3v) is 4.76. The lowest BCUT2D eigenvalue weighted by Crippen LogP contribution is -2.26. The summed E-state index contributed by atoms with van der Waals surface area (Å²) in [7, 11) is 0. The molecular weight excluding hydrogens is 428 g/mol. The van der Waals surface area contributed by atoms with E-state index in [2.05, 4.69) is 10.1 Å². The van der Waals surface area contributed by atoms with Crippen molar-refractivity contribution >= 4 is 23.2 Å². The normalized spacial score (nSPS) is 13.9. The molecule has 0 spiro atoms. The summed E-state index contributed by atoms with van der Waals surface area (Å²) in [5.41, 5.74) is -0.194. The zero-order valence-electron chi connectivity index (χ0n) is 15.4. The molecule has 0 aliphatic carbocycles. The van der Waals surface area contributed by atoms with E-state index in [9.17, 15) is 22.8 Å². The highest BCUT2D eigenvalue weighted by molar-refractivity contribution is 6.30. The van der Waals surface area contributed by atoms with Crippen molar-refractivity contribution in [1.82, 2.24) is 14.8 Å². The minimum atomic E-state index is -4.77. The van der Waals surface area contributed by atoms with Crippen LogP contribution in [0.15, 0.2) is 36.5 Å². The Morgan fingerprint density at radius 3 is 2.77 bits per heavy atom. The third-order valence-electron chi connectivity index (χ3n) is 4.54. The van der Waals surface area contributed by atoms with Gasteiger partial charge in [0.25, 0.3) is 0 Å². The second-order valence-corrected chi connectivity index (χ2v) is 7.08. The summed E-state index contributed by atoms with van der Waals surface area (Å²) in [6, 6.07) is 6.63. The molecule has 156 valence electrons. The highest BCUT2D eigenvalue weighted by Crippen LogP contribution is 2.34. The minimum Gasteiger partial charge on any atom is -0.616 e. The molecule has 0 unspecified atom stereocenters. The largest absolute Gasteiger partial charge is 0.616 e. The molecule has 1 aromatic carbocycles. The number of hydrogen-bond donors (Lipinski definition) is 0. The van der Waals surface area contributed by atoms with Gasteiger partial charge in [-0.25, -0.2) is 4.98 Å². The van der Waals surface area contributed by atoms with Crippen LogP contribution in [0.3, 0.4) is 0 Å². The first-order chi connectivity index (χ1) is 14.1. The number of hydrogen-bond acceptors (Lipinski definition) is 4. The molecule has 0 N–H and O–H groups in total. The summed E-state index contributed by atoms with van der Waals surface area (Å²) >= 11 is 6.00. The number of alkyl halides is 3. The zero-order chi connectivity index (χ0) is 21.6. The Kier molecular flexibility index (Phi) is 4.89. The Bertz CT molecular complexity index is 1170. The van der Waals surface area contributed by atoms with Gasteiger partial charge in [-0.05, 0) is 25.1 Å². The van der Waals surface area contributed by atoms with Crippen molar-refractivity contribution in [1.29, 1.82) is 0 Å². The summed E-state index contributed by atoms with van der Waals surface area (Å²) in [5.74, 6) is -1.22. The number of aromatic nitrogens is 3. The van der Waals surface area contributed by atoms with Crippen molar-refractivity contribution in [2.75, 3.05) is 0 Å². The van der Waals surface area contributed by atoms with Gasteiger partial charge in [-0.3, -0.25) is 4.68 Å². The molecule has 1 aliphatic rings. The third kappa shape index (κ3) is 3.58. The van der Waals surface area contributed by atoms with Crippen LogP contribution in [0.4, 0.5) is 23.2 Å². The standard InChI is InChI=1S/C19H13ClF4N4O2/c1-10-5-13(20)6-12-9-30-18(28(29)16(10)12)14-7-15(19(22,23)24)26-27(14)8-11-3-2-4-25-17(11)21/h2-7H,8-9H2,1H3. The quantitative estimate of drug-likeness (QED) is 0.259. The number of halogens is 5. The SMILES string of the molecule is Cc1cc(Cl)cc2c1[N+]([O-])=C(c1cc(C(F)(F)F)nn1Cc1cccnc1F)OC2. The molecule has 0 amide bonds. The van der Waals surface area contributed by atoms with Gasteiger partial charge in [-0.15, -0.1) is 4.74 Å². The van der Waals surface area contributed by atoms with Crippen molar-refractivity contribution in [3.63, 3.8) is 0 Å². The van der Waals surface area contributed by atoms with E-state index in [1.807, 2.05) is 0 Å².